The molecule has 3 aromatic rings. The van der Waals surface area contributed by atoms with Crippen molar-refractivity contribution in [3.63, 3.8) is 0 Å². The molecule has 0 saturated heterocycles. The topological polar surface area (TPSA) is 81.4 Å². The van der Waals surface area contributed by atoms with Gasteiger partial charge in [-0.1, -0.05) is 24.4 Å². The summed E-state index contributed by atoms with van der Waals surface area (Å²) in [7, 11) is 0. The first-order valence-electron chi connectivity index (χ1n) is 10.3. The van der Waals surface area contributed by atoms with Gasteiger partial charge in [0.2, 0.25) is 0 Å². The Balaban J connectivity index is 1.61. The molecule has 0 unspecified atom stereocenters. The normalized spacial score (nSPS) is 19.6. The van der Waals surface area contributed by atoms with Gasteiger partial charge in [0, 0.05) is 18.2 Å². The van der Waals surface area contributed by atoms with E-state index in [1.54, 1.807) is 23.0 Å². The molecular weight excluding hydrogens is 402 g/mol. The van der Waals surface area contributed by atoms with Crippen LogP contribution < -0.4 is 5.32 Å². The van der Waals surface area contributed by atoms with Crippen molar-refractivity contribution in [2.75, 3.05) is 0 Å². The van der Waals surface area contributed by atoms with Crippen LogP contribution in [0.3, 0.4) is 0 Å². The van der Waals surface area contributed by atoms with Gasteiger partial charge in [0.1, 0.15) is 16.4 Å². The fraction of sp³-hybridized carbons (Fsp3) is 0.455. The third kappa shape index (κ3) is 4.56. The van der Waals surface area contributed by atoms with Gasteiger partial charge >= 0.3 is 6.09 Å². The molecule has 1 aliphatic rings. The van der Waals surface area contributed by atoms with Crippen molar-refractivity contribution in [3.8, 4) is 11.4 Å². The van der Waals surface area contributed by atoms with Gasteiger partial charge in [-0.25, -0.2) is 14.3 Å². The van der Waals surface area contributed by atoms with Gasteiger partial charge in [0.25, 0.3) is 0 Å². The van der Waals surface area contributed by atoms with E-state index in [9.17, 15) is 4.79 Å². The molecule has 7 nitrogen and oxygen atoms in total. The van der Waals surface area contributed by atoms with Crippen molar-refractivity contribution in [1.82, 2.24) is 24.9 Å². The third-order valence-electron chi connectivity index (χ3n) is 5.27. The number of carbonyl (C=O) groups is 1. The lowest BCUT2D eigenvalue weighted by molar-refractivity contribution is 0.0485. The first-order chi connectivity index (χ1) is 14.3. The highest BCUT2D eigenvalue weighted by atomic mass is 35.5. The average Bonchev–Trinajstić information content (AvgIpc) is 3.10. The summed E-state index contributed by atoms with van der Waals surface area (Å²) in [4.78, 5) is 21.3. The second-order valence-corrected chi connectivity index (χ2v) is 9.07. The van der Waals surface area contributed by atoms with E-state index in [-0.39, 0.29) is 18.1 Å². The van der Waals surface area contributed by atoms with Gasteiger partial charge in [-0.3, -0.25) is 4.98 Å². The molecule has 1 aliphatic carbocycles. The van der Waals surface area contributed by atoms with E-state index >= 15 is 0 Å². The van der Waals surface area contributed by atoms with Gasteiger partial charge in [-0.05, 0) is 63.4 Å². The lowest BCUT2D eigenvalue weighted by Gasteiger charge is -2.33. The van der Waals surface area contributed by atoms with Crippen molar-refractivity contribution < 1.29 is 9.53 Å². The van der Waals surface area contributed by atoms with Gasteiger partial charge in [-0.15, -0.1) is 0 Å². The van der Waals surface area contributed by atoms with E-state index in [0.29, 0.717) is 10.8 Å². The molecule has 0 spiro atoms. The molecule has 4 rings (SSSR count). The molecule has 1 amide bonds. The van der Waals surface area contributed by atoms with Crippen molar-refractivity contribution in [1.29, 1.82) is 0 Å². The Morgan fingerprint density at radius 2 is 2.00 bits per heavy atom. The molecule has 30 heavy (non-hydrogen) atoms. The molecule has 3 heterocycles. The molecule has 1 fully saturated rings. The molecule has 0 radical (unpaired) electrons. The van der Waals surface area contributed by atoms with Crippen LogP contribution in [0.4, 0.5) is 4.79 Å². The van der Waals surface area contributed by atoms with Gasteiger partial charge < -0.3 is 10.1 Å². The average molecular weight is 428 g/mol. The van der Waals surface area contributed by atoms with Crippen LogP contribution in [-0.2, 0) is 4.74 Å². The van der Waals surface area contributed by atoms with Crippen LogP contribution in [0.5, 0.6) is 0 Å². The van der Waals surface area contributed by atoms with E-state index in [2.05, 4.69) is 26.4 Å². The third-order valence-corrected chi connectivity index (χ3v) is 5.47. The number of rotatable bonds is 3. The summed E-state index contributed by atoms with van der Waals surface area (Å²) in [5, 5.41) is 7.83. The standard InChI is InChI=1S/C22H26ClN5O2/c1-22(2,3)30-21(29)26-16-7-5-4-6-15(16)14-10-11-24-17(12-14)18-13-25-20-9-8-19(23)27-28(18)20/h8-13,15-16H,4-7H2,1-3H3,(H,26,29)/t15-,16+/m1/s1. The lowest BCUT2D eigenvalue weighted by atomic mass is 9.80. The summed E-state index contributed by atoms with van der Waals surface area (Å²) in [6, 6.07) is 7.65. The number of nitrogens with one attached hydrogen (secondary N) is 1. The van der Waals surface area contributed by atoms with Gasteiger partial charge in [0.15, 0.2) is 5.65 Å². The number of amides is 1. The summed E-state index contributed by atoms with van der Waals surface area (Å²) >= 11 is 6.07. The second-order valence-electron chi connectivity index (χ2n) is 8.69. The summed E-state index contributed by atoms with van der Waals surface area (Å²) in [5.74, 6) is 0.198. The summed E-state index contributed by atoms with van der Waals surface area (Å²) in [5.41, 5.74) is 2.88. The number of alkyl carbamates (subject to hydrolysis) is 1. The first kappa shape index (κ1) is 20.6. The minimum Gasteiger partial charge on any atom is -0.444 e. The molecule has 1 N–H and O–H groups in total. The fourth-order valence-corrected chi connectivity index (χ4v) is 4.14. The number of hydrogen-bond donors (Lipinski definition) is 1. The van der Waals surface area contributed by atoms with Gasteiger partial charge in [-0.2, -0.15) is 5.10 Å². The molecule has 0 bridgehead atoms. The van der Waals surface area contributed by atoms with Crippen molar-refractivity contribution in [2.24, 2.45) is 0 Å². The van der Waals surface area contributed by atoms with Crippen molar-refractivity contribution in [3.05, 3.63) is 47.4 Å². The Bertz CT molecular complexity index is 1060. The predicted octanol–water partition coefficient (Wildman–Crippen LogP) is 5.00. The smallest absolute Gasteiger partial charge is 0.407 e. The van der Waals surface area contributed by atoms with Crippen LogP contribution in [0.1, 0.15) is 57.9 Å². The summed E-state index contributed by atoms with van der Waals surface area (Å²) < 4.78 is 7.17. The second kappa shape index (κ2) is 8.22. The first-order valence-corrected chi connectivity index (χ1v) is 10.6. The number of aromatic nitrogens is 4. The van der Waals surface area contributed by atoms with Crippen LogP contribution in [0.15, 0.2) is 36.7 Å². The Hall–Kier alpha value is -2.67. The molecule has 158 valence electrons. The Labute approximate surface area is 180 Å². The fourth-order valence-electron chi connectivity index (χ4n) is 4.00. The molecule has 2 atom stereocenters. The molecule has 1 saturated carbocycles. The van der Waals surface area contributed by atoms with Crippen LogP contribution >= 0.6 is 11.6 Å². The minimum absolute atomic E-state index is 0.0265. The number of carbonyl (C=O) groups excluding carboxylic acids is 1. The predicted molar refractivity (Wildman–Crippen MR) is 116 cm³/mol. The van der Waals surface area contributed by atoms with Crippen LogP contribution in [0, 0.1) is 0 Å². The number of halogens is 1. The maximum atomic E-state index is 12.4. The maximum Gasteiger partial charge on any atom is 0.407 e. The Morgan fingerprint density at radius 3 is 2.80 bits per heavy atom. The van der Waals surface area contributed by atoms with Gasteiger partial charge in [0.05, 0.1) is 11.9 Å². The van der Waals surface area contributed by atoms with E-state index in [1.807, 2.05) is 32.9 Å². The molecule has 8 heteroatoms. The zero-order chi connectivity index (χ0) is 21.3. The summed E-state index contributed by atoms with van der Waals surface area (Å²) in [6.45, 7) is 5.61. The lowest BCUT2D eigenvalue weighted by Crippen LogP contribution is -2.43. The number of pyridine rings is 1. The highest BCUT2D eigenvalue weighted by Crippen LogP contribution is 2.34. The van der Waals surface area contributed by atoms with Crippen molar-refractivity contribution in [2.45, 2.75) is 64.0 Å². The number of ether oxygens (including phenoxy) is 1. The monoisotopic (exact) mass is 427 g/mol. The van der Waals surface area contributed by atoms with Crippen LogP contribution in [0.2, 0.25) is 5.15 Å². The van der Waals surface area contributed by atoms with Crippen LogP contribution in [0.25, 0.3) is 17.0 Å². The van der Waals surface area contributed by atoms with E-state index in [1.165, 1.54) is 0 Å². The number of hydrogen-bond acceptors (Lipinski definition) is 5. The number of fused-ring (bicyclic) bond motifs is 1. The minimum atomic E-state index is -0.518. The van der Waals surface area contributed by atoms with E-state index in [4.69, 9.17) is 16.3 Å². The molecule has 0 aliphatic heterocycles. The SMILES string of the molecule is CC(C)(C)OC(=O)N[C@H]1CCCC[C@@H]1c1ccnc(-c2cnc3ccc(Cl)nn23)c1. The zero-order valence-electron chi connectivity index (χ0n) is 17.4. The largest absolute Gasteiger partial charge is 0.444 e. The van der Waals surface area contributed by atoms with Crippen LogP contribution in [-0.4, -0.2) is 37.3 Å². The Morgan fingerprint density at radius 1 is 1.20 bits per heavy atom. The number of nitrogens with zero attached hydrogens (tertiary/aromatic N) is 4. The molecular formula is C22H26ClN5O2. The highest BCUT2D eigenvalue weighted by Gasteiger charge is 2.30. The van der Waals surface area contributed by atoms with Crippen molar-refractivity contribution >= 4 is 23.3 Å². The zero-order valence-corrected chi connectivity index (χ0v) is 18.2. The van der Waals surface area contributed by atoms with E-state index in [0.717, 1.165) is 42.6 Å². The summed E-state index contributed by atoms with van der Waals surface area (Å²) in [6.07, 6.45) is 7.33. The number of imidazole rings is 1. The highest BCUT2D eigenvalue weighted by molar-refractivity contribution is 6.29. The quantitative estimate of drug-likeness (QED) is 0.636. The molecule has 0 aromatic carbocycles. The Kier molecular flexibility index (Phi) is 5.64. The molecule has 3 aromatic heterocycles. The maximum absolute atomic E-state index is 12.4. The van der Waals surface area contributed by atoms with E-state index < -0.39 is 5.60 Å².